The number of Topliss-reactive ketones (excluding diaryl/α,β-unsaturated/α-hetero) is 1. The lowest BCUT2D eigenvalue weighted by Gasteiger charge is -2.22. The maximum Gasteiger partial charge on any atom is 0.302 e. The summed E-state index contributed by atoms with van der Waals surface area (Å²) in [5.74, 6) is -1.70. The van der Waals surface area contributed by atoms with Crippen LogP contribution in [-0.4, -0.2) is 30.3 Å². The average molecular weight is 476 g/mol. The maximum absolute atomic E-state index is 13.5. The van der Waals surface area contributed by atoms with Gasteiger partial charge in [-0.3, -0.25) is 14.4 Å². The van der Waals surface area contributed by atoms with Crippen molar-refractivity contribution in [3.8, 4) is 0 Å². The number of amides is 1. The van der Waals surface area contributed by atoms with E-state index in [1.165, 1.54) is 31.2 Å². The zero-order valence-electron chi connectivity index (χ0n) is 20.0. The molecule has 0 saturated carbocycles. The Morgan fingerprint density at radius 2 is 1.49 bits per heavy atom. The number of ether oxygens (including phenoxy) is 1. The van der Waals surface area contributed by atoms with E-state index in [0.29, 0.717) is 12.8 Å². The van der Waals surface area contributed by atoms with Crippen molar-refractivity contribution >= 4 is 17.7 Å². The van der Waals surface area contributed by atoms with Crippen LogP contribution in [0.4, 0.5) is 4.39 Å². The zero-order valence-corrected chi connectivity index (χ0v) is 20.0. The molecule has 0 unspecified atom stereocenters. The number of carbonyl (C=O) groups excluding carboxylic acids is 3. The fraction of sp³-hybridized carbons (Fsp3) is 0.276. The highest BCUT2D eigenvalue weighted by Gasteiger charge is 2.25. The highest BCUT2D eigenvalue weighted by molar-refractivity contribution is 5.98. The van der Waals surface area contributed by atoms with Gasteiger partial charge < -0.3 is 10.1 Å². The van der Waals surface area contributed by atoms with Gasteiger partial charge in [0.25, 0.3) is 5.91 Å². The van der Waals surface area contributed by atoms with Crippen molar-refractivity contribution in [1.29, 1.82) is 0 Å². The summed E-state index contributed by atoms with van der Waals surface area (Å²) in [4.78, 5) is 37.7. The van der Waals surface area contributed by atoms with Gasteiger partial charge in [-0.25, -0.2) is 4.39 Å². The molecule has 3 aromatic carbocycles. The second kappa shape index (κ2) is 12.6. The lowest BCUT2D eigenvalue weighted by molar-refractivity contribution is -0.143. The Balaban J connectivity index is 1.77. The Kier molecular flexibility index (Phi) is 9.30. The van der Waals surface area contributed by atoms with Crippen molar-refractivity contribution in [3.63, 3.8) is 0 Å². The van der Waals surface area contributed by atoms with Crippen LogP contribution in [0.3, 0.4) is 0 Å². The first-order valence-corrected chi connectivity index (χ1v) is 11.6. The molecule has 0 saturated heterocycles. The quantitative estimate of drug-likeness (QED) is 0.402. The summed E-state index contributed by atoms with van der Waals surface area (Å²) < 4.78 is 18.5. The number of hydrogen-bond acceptors (Lipinski definition) is 4. The second-order valence-electron chi connectivity index (χ2n) is 8.75. The minimum absolute atomic E-state index is 0.110. The van der Waals surface area contributed by atoms with Crippen molar-refractivity contribution in [2.75, 3.05) is 6.61 Å². The van der Waals surface area contributed by atoms with Gasteiger partial charge in [0.05, 0.1) is 12.6 Å². The van der Waals surface area contributed by atoms with E-state index in [2.05, 4.69) is 5.32 Å². The van der Waals surface area contributed by atoms with Crippen molar-refractivity contribution in [1.82, 2.24) is 5.32 Å². The number of hydrogen-bond donors (Lipinski definition) is 1. The van der Waals surface area contributed by atoms with Gasteiger partial charge in [0.2, 0.25) is 0 Å². The molecule has 1 amide bonds. The van der Waals surface area contributed by atoms with Gasteiger partial charge in [0, 0.05) is 24.8 Å². The summed E-state index contributed by atoms with van der Waals surface area (Å²) in [6.45, 7) is 3.45. The molecule has 0 radical (unpaired) electrons. The number of aryl methyl sites for hydroxylation is 1. The van der Waals surface area contributed by atoms with E-state index in [9.17, 15) is 18.8 Å². The van der Waals surface area contributed by atoms with Crippen LogP contribution in [0, 0.1) is 18.7 Å². The van der Waals surface area contributed by atoms with Crippen LogP contribution >= 0.6 is 0 Å². The van der Waals surface area contributed by atoms with Crippen molar-refractivity contribution in [3.05, 3.63) is 107 Å². The molecule has 2 atom stereocenters. The third-order valence-electron chi connectivity index (χ3n) is 5.74. The summed E-state index contributed by atoms with van der Waals surface area (Å²) in [6, 6.07) is 21.8. The maximum atomic E-state index is 13.5. The fourth-order valence-electron chi connectivity index (χ4n) is 3.85. The van der Waals surface area contributed by atoms with Crippen LogP contribution in [-0.2, 0) is 27.2 Å². The van der Waals surface area contributed by atoms with Gasteiger partial charge in [0.1, 0.15) is 5.82 Å². The van der Waals surface area contributed by atoms with Crippen molar-refractivity contribution < 1.29 is 23.5 Å². The van der Waals surface area contributed by atoms with E-state index in [-0.39, 0.29) is 30.3 Å². The molecular weight excluding hydrogens is 445 g/mol. The number of ketones is 1. The number of rotatable bonds is 11. The van der Waals surface area contributed by atoms with E-state index < -0.39 is 23.7 Å². The van der Waals surface area contributed by atoms with Crippen LogP contribution < -0.4 is 5.32 Å². The third kappa shape index (κ3) is 8.49. The normalized spacial score (nSPS) is 12.4. The van der Waals surface area contributed by atoms with Crippen LogP contribution in [0.1, 0.15) is 40.4 Å². The number of benzene rings is 3. The Morgan fingerprint density at radius 3 is 2.11 bits per heavy atom. The fourth-order valence-corrected chi connectivity index (χ4v) is 3.85. The Morgan fingerprint density at radius 1 is 0.857 bits per heavy atom. The lowest BCUT2D eigenvalue weighted by atomic mass is 9.90. The van der Waals surface area contributed by atoms with E-state index >= 15 is 0 Å². The molecule has 6 heteroatoms. The Labute approximate surface area is 205 Å². The molecule has 0 bridgehead atoms. The predicted molar refractivity (Wildman–Crippen MR) is 132 cm³/mol. The monoisotopic (exact) mass is 475 g/mol. The molecule has 0 aliphatic heterocycles. The highest BCUT2D eigenvalue weighted by Crippen LogP contribution is 2.17. The summed E-state index contributed by atoms with van der Waals surface area (Å²) >= 11 is 0. The Hall–Kier alpha value is -3.80. The molecule has 0 fully saturated rings. The third-order valence-corrected chi connectivity index (χ3v) is 5.74. The number of carbonyl (C=O) groups is 3. The lowest BCUT2D eigenvalue weighted by Crippen LogP contribution is -2.43. The molecular formula is C29H30FNO4. The number of nitrogens with one attached hydrogen (secondary N) is 1. The van der Waals surface area contributed by atoms with E-state index in [4.69, 9.17) is 4.74 Å². The molecule has 0 spiro atoms. The SMILES string of the molecule is CC(=O)OC[C@@H](CC(=O)[C@H](Cc1ccccc1)NC(=O)c1ccc(F)cc1)Cc1ccc(C)cc1. The largest absolute Gasteiger partial charge is 0.466 e. The molecule has 0 heterocycles. The predicted octanol–water partition coefficient (Wildman–Crippen LogP) is 4.86. The van der Waals surface area contributed by atoms with Gasteiger partial charge in [-0.1, -0.05) is 60.2 Å². The Bertz CT molecular complexity index is 1130. The first-order valence-electron chi connectivity index (χ1n) is 11.6. The van der Waals surface area contributed by atoms with Crippen molar-refractivity contribution in [2.45, 2.75) is 39.2 Å². The molecule has 0 aromatic heterocycles. The molecule has 35 heavy (non-hydrogen) atoms. The molecule has 1 N–H and O–H groups in total. The average Bonchev–Trinajstić information content (AvgIpc) is 2.84. The molecule has 3 aromatic rings. The molecule has 0 aliphatic rings. The van der Waals surface area contributed by atoms with Crippen LogP contribution in [0.5, 0.6) is 0 Å². The number of esters is 1. The minimum Gasteiger partial charge on any atom is -0.466 e. The van der Waals surface area contributed by atoms with Crippen LogP contribution in [0.2, 0.25) is 0 Å². The summed E-state index contributed by atoms with van der Waals surface area (Å²) in [6.07, 6.45) is 1.00. The molecule has 0 aliphatic carbocycles. The van der Waals surface area contributed by atoms with E-state index in [1.807, 2.05) is 61.5 Å². The standard InChI is InChI=1S/C29H30FNO4/c1-20-8-10-23(11-9-20)16-24(19-35-21(2)32)18-28(33)27(17-22-6-4-3-5-7-22)31-29(34)25-12-14-26(30)15-13-25/h3-15,24,27H,16-19H2,1-2H3,(H,31,34)/t24-,27+/m1/s1. The topological polar surface area (TPSA) is 72.5 Å². The number of halogens is 1. The van der Waals surface area contributed by atoms with Gasteiger partial charge in [-0.05, 0) is 55.2 Å². The van der Waals surface area contributed by atoms with Gasteiger partial charge >= 0.3 is 5.97 Å². The molecule has 5 nitrogen and oxygen atoms in total. The van der Waals surface area contributed by atoms with E-state index in [1.54, 1.807) is 0 Å². The molecule has 182 valence electrons. The molecule has 3 rings (SSSR count). The zero-order chi connectivity index (χ0) is 25.2. The van der Waals surface area contributed by atoms with E-state index in [0.717, 1.165) is 16.7 Å². The first-order chi connectivity index (χ1) is 16.8. The minimum atomic E-state index is -0.784. The smallest absolute Gasteiger partial charge is 0.302 e. The summed E-state index contributed by atoms with van der Waals surface area (Å²) in [7, 11) is 0. The van der Waals surface area contributed by atoms with Crippen LogP contribution in [0.25, 0.3) is 0 Å². The summed E-state index contributed by atoms with van der Waals surface area (Å²) in [5.41, 5.74) is 3.34. The highest BCUT2D eigenvalue weighted by atomic mass is 19.1. The first kappa shape index (κ1) is 25.8. The van der Waals surface area contributed by atoms with Crippen molar-refractivity contribution in [2.24, 2.45) is 5.92 Å². The van der Waals surface area contributed by atoms with Gasteiger partial charge in [-0.15, -0.1) is 0 Å². The van der Waals surface area contributed by atoms with Crippen LogP contribution in [0.15, 0.2) is 78.9 Å². The van der Waals surface area contributed by atoms with Gasteiger partial charge in [-0.2, -0.15) is 0 Å². The second-order valence-corrected chi connectivity index (χ2v) is 8.75. The van der Waals surface area contributed by atoms with Gasteiger partial charge in [0.15, 0.2) is 5.78 Å². The summed E-state index contributed by atoms with van der Waals surface area (Å²) in [5, 5.41) is 2.82.